The topological polar surface area (TPSA) is 102 Å². The van der Waals surface area contributed by atoms with Gasteiger partial charge in [-0.05, 0) is 42.8 Å². The van der Waals surface area contributed by atoms with Gasteiger partial charge in [-0.2, -0.15) is 5.26 Å². The summed E-state index contributed by atoms with van der Waals surface area (Å²) in [4.78, 5) is 14.4. The van der Waals surface area contributed by atoms with Crippen molar-refractivity contribution in [2.24, 2.45) is 0 Å². The summed E-state index contributed by atoms with van der Waals surface area (Å²) in [5.41, 5.74) is 3.24. The standard InChI is InChI=1S/C21H15N3O3/c1-12-2-7-18(25)15(10-12)13-3-5-14(6-4-13)24-9-8-17-19(24)20(26)16(11-22)21(27)23-17/h2-10,25H,1H3,(H2,23,26,27). The number of aromatic amines is 1. The molecule has 0 fully saturated rings. The molecule has 2 aromatic carbocycles. The van der Waals surface area contributed by atoms with Gasteiger partial charge in [-0.15, -0.1) is 0 Å². The van der Waals surface area contributed by atoms with E-state index in [0.29, 0.717) is 11.0 Å². The van der Waals surface area contributed by atoms with Crippen molar-refractivity contribution in [2.45, 2.75) is 6.92 Å². The van der Waals surface area contributed by atoms with Gasteiger partial charge in [0.2, 0.25) is 0 Å². The number of rotatable bonds is 2. The molecule has 6 heteroatoms. The highest BCUT2D eigenvalue weighted by atomic mass is 16.3. The van der Waals surface area contributed by atoms with Crippen molar-refractivity contribution in [3.8, 4) is 34.4 Å². The number of aromatic nitrogens is 2. The maximum absolute atomic E-state index is 11.8. The molecule has 6 nitrogen and oxygen atoms in total. The molecule has 0 unspecified atom stereocenters. The number of nitrogens with one attached hydrogen (secondary N) is 1. The number of H-pyrrole nitrogens is 1. The largest absolute Gasteiger partial charge is 0.507 e. The third kappa shape index (κ3) is 2.62. The zero-order chi connectivity index (χ0) is 19.1. The molecule has 0 aliphatic carbocycles. The maximum Gasteiger partial charge on any atom is 0.270 e. The molecule has 0 aliphatic heterocycles. The highest BCUT2D eigenvalue weighted by molar-refractivity contribution is 5.86. The Kier molecular flexibility index (Phi) is 3.71. The second kappa shape index (κ2) is 6.07. The van der Waals surface area contributed by atoms with Crippen LogP contribution in [0, 0.1) is 18.3 Å². The van der Waals surface area contributed by atoms with Crippen LogP contribution in [0.2, 0.25) is 0 Å². The van der Waals surface area contributed by atoms with E-state index < -0.39 is 5.56 Å². The molecule has 0 aliphatic rings. The average Bonchev–Trinajstić information content (AvgIpc) is 3.08. The lowest BCUT2D eigenvalue weighted by molar-refractivity contribution is 0.476. The van der Waals surface area contributed by atoms with Gasteiger partial charge in [-0.1, -0.05) is 23.8 Å². The van der Waals surface area contributed by atoms with E-state index in [-0.39, 0.29) is 17.1 Å². The molecule has 0 saturated heterocycles. The van der Waals surface area contributed by atoms with E-state index in [1.807, 2.05) is 43.3 Å². The van der Waals surface area contributed by atoms with E-state index in [4.69, 9.17) is 5.26 Å². The Morgan fingerprint density at radius 1 is 1.07 bits per heavy atom. The van der Waals surface area contributed by atoms with Crippen LogP contribution in [-0.4, -0.2) is 19.8 Å². The lowest BCUT2D eigenvalue weighted by Gasteiger charge is -2.10. The number of nitrogens with zero attached hydrogens (tertiary/aromatic N) is 2. The molecule has 0 atom stereocenters. The van der Waals surface area contributed by atoms with Crippen molar-refractivity contribution in [3.63, 3.8) is 0 Å². The Labute approximate surface area is 154 Å². The lowest BCUT2D eigenvalue weighted by Crippen LogP contribution is -2.10. The van der Waals surface area contributed by atoms with Gasteiger partial charge < -0.3 is 19.8 Å². The first-order valence-electron chi connectivity index (χ1n) is 8.26. The summed E-state index contributed by atoms with van der Waals surface area (Å²) in [6.45, 7) is 1.96. The van der Waals surface area contributed by atoms with Crippen molar-refractivity contribution in [1.29, 1.82) is 5.26 Å². The number of fused-ring (bicyclic) bond motifs is 1. The summed E-state index contributed by atoms with van der Waals surface area (Å²) in [5, 5.41) is 29.6. The lowest BCUT2D eigenvalue weighted by atomic mass is 10.0. The van der Waals surface area contributed by atoms with Crippen LogP contribution >= 0.6 is 0 Å². The summed E-state index contributed by atoms with van der Waals surface area (Å²) in [7, 11) is 0. The minimum atomic E-state index is -0.620. The normalized spacial score (nSPS) is 10.8. The van der Waals surface area contributed by atoms with Crippen LogP contribution in [0.15, 0.2) is 59.5 Å². The van der Waals surface area contributed by atoms with Crippen LogP contribution in [0.25, 0.3) is 27.8 Å². The SMILES string of the molecule is Cc1ccc(O)c(-c2ccc(-n3ccc4[nH]c(=O)c(C#N)c(O)c43)cc2)c1. The monoisotopic (exact) mass is 357 g/mol. The Morgan fingerprint density at radius 2 is 1.81 bits per heavy atom. The number of hydrogen-bond donors (Lipinski definition) is 3. The van der Waals surface area contributed by atoms with Crippen LogP contribution in [0.4, 0.5) is 0 Å². The van der Waals surface area contributed by atoms with Crippen LogP contribution in [0.5, 0.6) is 11.5 Å². The molecule has 4 aromatic rings. The summed E-state index contributed by atoms with van der Waals surface area (Å²) in [5.74, 6) is -0.143. The minimum Gasteiger partial charge on any atom is -0.507 e. The zero-order valence-electron chi connectivity index (χ0n) is 14.4. The third-order valence-corrected chi connectivity index (χ3v) is 4.54. The van der Waals surface area contributed by atoms with Gasteiger partial charge in [0.05, 0.1) is 5.52 Å². The van der Waals surface area contributed by atoms with Gasteiger partial charge in [0.25, 0.3) is 5.56 Å². The number of nitriles is 1. The van der Waals surface area contributed by atoms with Crippen LogP contribution in [0.1, 0.15) is 11.1 Å². The van der Waals surface area contributed by atoms with Crippen LogP contribution in [0.3, 0.4) is 0 Å². The predicted molar refractivity (Wildman–Crippen MR) is 102 cm³/mol. The van der Waals surface area contributed by atoms with E-state index in [1.54, 1.807) is 29.0 Å². The van der Waals surface area contributed by atoms with Crippen molar-refractivity contribution in [1.82, 2.24) is 9.55 Å². The quantitative estimate of drug-likeness (QED) is 0.510. The van der Waals surface area contributed by atoms with Gasteiger partial charge in [0.1, 0.15) is 17.3 Å². The van der Waals surface area contributed by atoms with Crippen molar-refractivity contribution in [2.75, 3.05) is 0 Å². The molecule has 3 N–H and O–H groups in total. The van der Waals surface area contributed by atoms with Gasteiger partial charge in [0, 0.05) is 17.4 Å². The first-order valence-corrected chi connectivity index (χ1v) is 8.26. The Hall–Kier alpha value is -3.98. The molecule has 0 bridgehead atoms. The Morgan fingerprint density at radius 3 is 2.52 bits per heavy atom. The summed E-state index contributed by atoms with van der Waals surface area (Å²) in [6.07, 6.45) is 1.71. The second-order valence-electron chi connectivity index (χ2n) is 6.31. The number of aryl methyl sites for hydroxylation is 1. The molecule has 0 amide bonds. The number of phenolic OH excluding ortho intramolecular Hbond substituents is 1. The maximum atomic E-state index is 11.8. The van der Waals surface area contributed by atoms with E-state index in [0.717, 1.165) is 22.4 Å². The smallest absolute Gasteiger partial charge is 0.270 e. The molecule has 4 rings (SSSR count). The fourth-order valence-electron chi connectivity index (χ4n) is 3.19. The molecule has 2 aromatic heterocycles. The first-order chi connectivity index (χ1) is 13.0. The van der Waals surface area contributed by atoms with E-state index in [9.17, 15) is 15.0 Å². The molecule has 27 heavy (non-hydrogen) atoms. The Balaban J connectivity index is 1.85. The number of hydrogen-bond acceptors (Lipinski definition) is 4. The van der Waals surface area contributed by atoms with Gasteiger partial charge >= 0.3 is 0 Å². The zero-order valence-corrected chi connectivity index (χ0v) is 14.4. The fraction of sp³-hybridized carbons (Fsp3) is 0.0476. The summed E-state index contributed by atoms with van der Waals surface area (Å²) in [6, 6.07) is 16.2. The second-order valence-corrected chi connectivity index (χ2v) is 6.31. The molecular formula is C21H15N3O3. The number of pyridine rings is 1. The number of phenols is 1. The first kappa shape index (κ1) is 16.5. The van der Waals surface area contributed by atoms with E-state index in [2.05, 4.69) is 4.98 Å². The minimum absolute atomic E-state index is 0.202. The number of benzene rings is 2. The third-order valence-electron chi connectivity index (χ3n) is 4.54. The highest BCUT2D eigenvalue weighted by Gasteiger charge is 2.16. The summed E-state index contributed by atoms with van der Waals surface area (Å²) >= 11 is 0. The van der Waals surface area contributed by atoms with E-state index in [1.165, 1.54) is 0 Å². The fourth-order valence-corrected chi connectivity index (χ4v) is 3.19. The molecule has 2 heterocycles. The molecule has 0 spiro atoms. The highest BCUT2D eigenvalue weighted by Crippen LogP contribution is 2.32. The molecular weight excluding hydrogens is 342 g/mol. The van der Waals surface area contributed by atoms with Crippen LogP contribution in [-0.2, 0) is 0 Å². The van der Waals surface area contributed by atoms with Crippen LogP contribution < -0.4 is 5.56 Å². The predicted octanol–water partition coefficient (Wildman–Crippen LogP) is 3.58. The van der Waals surface area contributed by atoms with E-state index >= 15 is 0 Å². The van der Waals surface area contributed by atoms with Gasteiger partial charge in [0.15, 0.2) is 11.3 Å². The van der Waals surface area contributed by atoms with Gasteiger partial charge in [-0.25, -0.2) is 0 Å². The molecule has 132 valence electrons. The van der Waals surface area contributed by atoms with Crippen molar-refractivity contribution < 1.29 is 10.2 Å². The van der Waals surface area contributed by atoms with Crippen molar-refractivity contribution in [3.05, 3.63) is 76.2 Å². The molecule has 0 saturated carbocycles. The van der Waals surface area contributed by atoms with Gasteiger partial charge in [-0.3, -0.25) is 4.79 Å². The average molecular weight is 357 g/mol. The van der Waals surface area contributed by atoms with Crippen molar-refractivity contribution >= 4 is 11.0 Å². The Bertz CT molecular complexity index is 1280. The summed E-state index contributed by atoms with van der Waals surface area (Å²) < 4.78 is 1.70. The number of aromatic hydroxyl groups is 2. The molecule has 0 radical (unpaired) electrons.